The fraction of sp³-hybridized carbons (Fsp3) is 0.381. The summed E-state index contributed by atoms with van der Waals surface area (Å²) in [5.41, 5.74) is 3.18. The normalized spacial score (nSPS) is 15.1. The van der Waals surface area contributed by atoms with E-state index < -0.39 is 10.0 Å². The van der Waals surface area contributed by atoms with E-state index in [1.54, 1.807) is 25.2 Å². The number of nitrogens with one attached hydrogen (secondary N) is 1. The van der Waals surface area contributed by atoms with Crippen LogP contribution >= 0.6 is 0 Å². The predicted molar refractivity (Wildman–Crippen MR) is 107 cm³/mol. The Hall–Kier alpha value is -2.58. The van der Waals surface area contributed by atoms with E-state index in [-0.39, 0.29) is 24.1 Å². The van der Waals surface area contributed by atoms with Gasteiger partial charge in [-0.1, -0.05) is 12.1 Å². The third kappa shape index (κ3) is 4.38. The van der Waals surface area contributed by atoms with Gasteiger partial charge in [-0.2, -0.15) is 0 Å². The number of nitrogens with zero attached hydrogens (tertiary/aromatic N) is 1. The van der Waals surface area contributed by atoms with Gasteiger partial charge in [-0.15, -0.1) is 0 Å². The molecule has 4 rings (SSSR count). The molecule has 1 aliphatic carbocycles. The first kappa shape index (κ1) is 19.7. The number of fused-ring (bicyclic) bond motifs is 2. The number of carbonyl (C=O) groups excluding carboxylic acids is 1. The number of likely N-dealkylation sites (N-methyl/N-ethyl adjacent to an activating group) is 1. The van der Waals surface area contributed by atoms with Crippen molar-refractivity contribution in [2.24, 2.45) is 0 Å². The Bertz CT molecular complexity index is 1040. The highest BCUT2D eigenvalue weighted by molar-refractivity contribution is 7.89. The summed E-state index contributed by atoms with van der Waals surface area (Å²) in [6, 6.07) is 10.7. The highest BCUT2D eigenvalue weighted by Crippen LogP contribution is 2.32. The molecular formula is C21H24N2O5S. The van der Waals surface area contributed by atoms with Crippen molar-refractivity contribution in [1.82, 2.24) is 9.62 Å². The van der Waals surface area contributed by atoms with Gasteiger partial charge in [0.15, 0.2) is 11.5 Å². The Balaban J connectivity index is 1.36. The van der Waals surface area contributed by atoms with Crippen molar-refractivity contribution in [1.29, 1.82) is 0 Å². The standard InChI is InChI=1S/C21H24N2O5S/c1-23(13-15-6-9-19-20(10-15)28-14-27-19)21(24)12-22-29(25,26)18-8-7-16-4-2-3-5-17(16)11-18/h6-11,22H,2-5,12-14H2,1H3. The molecule has 0 saturated heterocycles. The van der Waals surface area contributed by atoms with Crippen LogP contribution in [0.15, 0.2) is 41.3 Å². The van der Waals surface area contributed by atoms with Crippen molar-refractivity contribution in [2.75, 3.05) is 20.4 Å². The van der Waals surface area contributed by atoms with Crippen molar-refractivity contribution >= 4 is 15.9 Å². The number of ether oxygens (including phenoxy) is 2. The number of amides is 1. The van der Waals surface area contributed by atoms with Crippen LogP contribution < -0.4 is 14.2 Å². The molecule has 8 heteroatoms. The minimum absolute atomic E-state index is 0.192. The Morgan fingerprint density at radius 2 is 1.79 bits per heavy atom. The lowest BCUT2D eigenvalue weighted by molar-refractivity contribution is -0.129. The van der Waals surface area contributed by atoms with Crippen LogP contribution in [0, 0.1) is 0 Å². The second kappa shape index (κ2) is 8.04. The molecule has 2 aromatic carbocycles. The molecule has 0 saturated carbocycles. The number of sulfonamides is 1. The molecule has 0 spiro atoms. The summed E-state index contributed by atoms with van der Waals surface area (Å²) in [5, 5.41) is 0. The zero-order chi connectivity index (χ0) is 20.4. The van der Waals surface area contributed by atoms with Crippen molar-refractivity contribution in [3.63, 3.8) is 0 Å². The maximum atomic E-state index is 12.6. The summed E-state index contributed by atoms with van der Waals surface area (Å²) in [6.07, 6.45) is 4.11. The lowest BCUT2D eigenvalue weighted by Gasteiger charge is -2.19. The van der Waals surface area contributed by atoms with Crippen molar-refractivity contribution in [3.05, 3.63) is 53.1 Å². The van der Waals surface area contributed by atoms with Crippen molar-refractivity contribution in [2.45, 2.75) is 37.1 Å². The largest absolute Gasteiger partial charge is 0.454 e. The lowest BCUT2D eigenvalue weighted by atomic mass is 9.92. The molecule has 0 fully saturated rings. The number of aryl methyl sites for hydroxylation is 2. The van der Waals surface area contributed by atoms with E-state index in [4.69, 9.17) is 9.47 Å². The van der Waals surface area contributed by atoms with Crippen LogP contribution in [0.5, 0.6) is 11.5 Å². The zero-order valence-electron chi connectivity index (χ0n) is 16.3. The quantitative estimate of drug-likeness (QED) is 0.781. The molecule has 1 amide bonds. The van der Waals surface area contributed by atoms with Crippen LogP contribution in [0.2, 0.25) is 0 Å². The summed E-state index contributed by atoms with van der Waals surface area (Å²) in [5.74, 6) is 1.02. The van der Waals surface area contributed by atoms with Gasteiger partial charge in [0.2, 0.25) is 22.7 Å². The SMILES string of the molecule is CN(Cc1ccc2c(c1)OCO2)C(=O)CNS(=O)(=O)c1ccc2c(c1)CCCC2. The van der Waals surface area contributed by atoms with Gasteiger partial charge < -0.3 is 14.4 Å². The monoisotopic (exact) mass is 416 g/mol. The molecule has 0 radical (unpaired) electrons. The molecule has 1 N–H and O–H groups in total. The minimum atomic E-state index is -3.74. The van der Waals surface area contributed by atoms with E-state index >= 15 is 0 Å². The molecule has 1 heterocycles. The van der Waals surface area contributed by atoms with Gasteiger partial charge in [-0.05, 0) is 66.6 Å². The number of hydrogen-bond donors (Lipinski definition) is 1. The summed E-state index contributed by atoms with van der Waals surface area (Å²) in [6.45, 7) is 0.245. The number of hydrogen-bond acceptors (Lipinski definition) is 5. The third-order valence-electron chi connectivity index (χ3n) is 5.33. The van der Waals surface area contributed by atoms with E-state index in [1.807, 2.05) is 18.2 Å². The van der Waals surface area contributed by atoms with E-state index in [9.17, 15) is 13.2 Å². The minimum Gasteiger partial charge on any atom is -0.454 e. The average molecular weight is 416 g/mol. The first-order valence-corrected chi connectivity index (χ1v) is 11.1. The third-order valence-corrected chi connectivity index (χ3v) is 6.73. The number of carbonyl (C=O) groups is 1. The molecule has 0 aromatic heterocycles. The molecule has 0 bridgehead atoms. The summed E-state index contributed by atoms with van der Waals surface area (Å²) in [4.78, 5) is 14.1. The van der Waals surface area contributed by atoms with Gasteiger partial charge in [0.05, 0.1) is 11.4 Å². The first-order valence-electron chi connectivity index (χ1n) is 9.66. The molecule has 7 nitrogen and oxygen atoms in total. The van der Waals surface area contributed by atoms with E-state index in [1.165, 1.54) is 10.5 Å². The van der Waals surface area contributed by atoms with Crippen LogP contribution in [-0.4, -0.2) is 39.6 Å². The Morgan fingerprint density at radius 1 is 1.03 bits per heavy atom. The Morgan fingerprint density at radius 3 is 2.62 bits per heavy atom. The van der Waals surface area contributed by atoms with E-state index in [0.29, 0.717) is 18.0 Å². The summed E-state index contributed by atoms with van der Waals surface area (Å²) >= 11 is 0. The number of rotatable bonds is 6. The molecule has 29 heavy (non-hydrogen) atoms. The topological polar surface area (TPSA) is 84.9 Å². The molecule has 0 atom stereocenters. The van der Waals surface area contributed by atoms with Gasteiger partial charge >= 0.3 is 0 Å². The smallest absolute Gasteiger partial charge is 0.241 e. The van der Waals surface area contributed by atoms with Crippen molar-refractivity contribution in [3.8, 4) is 11.5 Å². The highest BCUT2D eigenvalue weighted by Gasteiger charge is 2.20. The van der Waals surface area contributed by atoms with E-state index in [2.05, 4.69) is 4.72 Å². The molecule has 2 aliphatic rings. The van der Waals surface area contributed by atoms with Crippen LogP contribution in [0.4, 0.5) is 0 Å². The van der Waals surface area contributed by atoms with Gasteiger partial charge in [0.1, 0.15) is 0 Å². The van der Waals surface area contributed by atoms with Gasteiger partial charge in [0.25, 0.3) is 0 Å². The maximum Gasteiger partial charge on any atom is 0.241 e. The fourth-order valence-electron chi connectivity index (χ4n) is 3.65. The second-order valence-corrected chi connectivity index (χ2v) is 9.17. The molecular weight excluding hydrogens is 392 g/mol. The molecule has 1 aliphatic heterocycles. The lowest BCUT2D eigenvalue weighted by Crippen LogP contribution is -2.37. The fourth-order valence-corrected chi connectivity index (χ4v) is 4.68. The van der Waals surface area contributed by atoms with Gasteiger partial charge in [-0.25, -0.2) is 13.1 Å². The Kier molecular flexibility index (Phi) is 5.47. The average Bonchev–Trinajstić information content (AvgIpc) is 3.19. The zero-order valence-corrected chi connectivity index (χ0v) is 17.1. The van der Waals surface area contributed by atoms with Crippen LogP contribution in [0.25, 0.3) is 0 Å². The van der Waals surface area contributed by atoms with Gasteiger partial charge in [0, 0.05) is 13.6 Å². The molecule has 2 aromatic rings. The first-order chi connectivity index (χ1) is 13.9. The second-order valence-electron chi connectivity index (χ2n) is 7.40. The Labute approximate surface area is 170 Å². The maximum absolute atomic E-state index is 12.6. The van der Waals surface area contributed by atoms with Crippen molar-refractivity contribution < 1.29 is 22.7 Å². The summed E-state index contributed by atoms with van der Waals surface area (Å²) < 4.78 is 38.3. The van der Waals surface area contributed by atoms with Crippen LogP contribution in [0.1, 0.15) is 29.5 Å². The van der Waals surface area contributed by atoms with E-state index in [0.717, 1.165) is 36.8 Å². The molecule has 0 unspecified atom stereocenters. The number of benzene rings is 2. The van der Waals surface area contributed by atoms with Gasteiger partial charge in [-0.3, -0.25) is 4.79 Å². The van der Waals surface area contributed by atoms with Crippen LogP contribution in [-0.2, 0) is 34.2 Å². The predicted octanol–water partition coefficient (Wildman–Crippen LogP) is 2.23. The molecule has 154 valence electrons. The highest BCUT2D eigenvalue weighted by atomic mass is 32.2. The summed E-state index contributed by atoms with van der Waals surface area (Å²) in [7, 11) is -2.10. The van der Waals surface area contributed by atoms with Crippen LogP contribution in [0.3, 0.4) is 0 Å².